The number of ether oxygens (including phenoxy) is 1. The molecule has 11 heteroatoms. The third-order valence-corrected chi connectivity index (χ3v) is 6.28. The van der Waals surface area contributed by atoms with E-state index in [1.165, 1.54) is 23.5 Å². The lowest BCUT2D eigenvalue weighted by Gasteiger charge is -2.07. The average Bonchev–Trinajstić information content (AvgIpc) is 3.25. The number of rotatable bonds is 5. The Bertz CT molecular complexity index is 1160. The first kappa shape index (κ1) is 20.2. The van der Waals surface area contributed by atoms with Gasteiger partial charge in [-0.05, 0) is 37.6 Å². The first-order valence-electron chi connectivity index (χ1n) is 8.09. The number of aryl methyl sites for hydroxylation is 1. The first-order valence-corrected chi connectivity index (χ1v) is 10.1. The molecular formula is C17H14ClN3O5S2. The standard InChI is InChI=1S/C17H14ClN3O5S2/c1-3-26-14(22)8-20-15-9(2)10(18)4-5-11(15)28-17(20)19-16(23)12-6-7-13(27-12)21(24)25/h4-7H,3,8H2,1-2H3. The maximum absolute atomic E-state index is 12.5. The smallest absolute Gasteiger partial charge is 0.326 e. The monoisotopic (exact) mass is 439 g/mol. The summed E-state index contributed by atoms with van der Waals surface area (Å²) in [5, 5.41) is 11.2. The van der Waals surface area contributed by atoms with Crippen LogP contribution in [0.25, 0.3) is 10.2 Å². The van der Waals surface area contributed by atoms with E-state index in [9.17, 15) is 19.7 Å². The number of hydrogen-bond acceptors (Lipinski definition) is 7. The van der Waals surface area contributed by atoms with Crippen molar-refractivity contribution in [2.45, 2.75) is 20.4 Å². The Hall–Kier alpha value is -2.56. The molecule has 0 atom stereocenters. The van der Waals surface area contributed by atoms with Crippen molar-refractivity contribution in [2.75, 3.05) is 6.61 Å². The number of halogens is 1. The zero-order chi connectivity index (χ0) is 20.4. The summed E-state index contributed by atoms with van der Waals surface area (Å²) >= 11 is 8.19. The Balaban J connectivity index is 2.14. The zero-order valence-corrected chi connectivity index (χ0v) is 17.2. The summed E-state index contributed by atoms with van der Waals surface area (Å²) < 4.78 is 7.40. The Labute approximate surface area is 171 Å². The summed E-state index contributed by atoms with van der Waals surface area (Å²) in [5.74, 6) is -1.09. The van der Waals surface area contributed by atoms with E-state index in [0.717, 1.165) is 21.6 Å². The number of carbonyl (C=O) groups excluding carboxylic acids is 2. The summed E-state index contributed by atoms with van der Waals surface area (Å²) in [6, 6.07) is 6.14. The average molecular weight is 440 g/mol. The number of thiophene rings is 1. The maximum atomic E-state index is 12.5. The minimum atomic E-state index is -0.619. The van der Waals surface area contributed by atoms with Crippen molar-refractivity contribution in [2.24, 2.45) is 4.99 Å². The number of carbonyl (C=O) groups is 2. The second-order valence-electron chi connectivity index (χ2n) is 5.61. The first-order chi connectivity index (χ1) is 13.3. The molecule has 28 heavy (non-hydrogen) atoms. The van der Waals surface area contributed by atoms with Crippen molar-refractivity contribution >= 4 is 61.4 Å². The molecule has 0 radical (unpaired) electrons. The van der Waals surface area contributed by atoms with Gasteiger partial charge >= 0.3 is 11.0 Å². The summed E-state index contributed by atoms with van der Waals surface area (Å²) in [6.45, 7) is 3.61. The van der Waals surface area contributed by atoms with E-state index >= 15 is 0 Å². The van der Waals surface area contributed by atoms with Gasteiger partial charge in [-0.1, -0.05) is 34.3 Å². The highest BCUT2D eigenvalue weighted by Gasteiger charge is 2.18. The predicted octanol–water partition coefficient (Wildman–Crippen LogP) is 3.94. The number of hydrogen-bond donors (Lipinski definition) is 0. The van der Waals surface area contributed by atoms with E-state index in [4.69, 9.17) is 16.3 Å². The Morgan fingerprint density at radius 1 is 1.29 bits per heavy atom. The van der Waals surface area contributed by atoms with Crippen molar-refractivity contribution < 1.29 is 19.2 Å². The molecule has 2 aromatic heterocycles. The van der Waals surface area contributed by atoms with Crippen LogP contribution in [0.3, 0.4) is 0 Å². The quantitative estimate of drug-likeness (QED) is 0.340. The van der Waals surface area contributed by atoms with Crippen LogP contribution in [-0.2, 0) is 16.1 Å². The lowest BCUT2D eigenvalue weighted by Crippen LogP contribution is -2.23. The molecule has 1 aromatic carbocycles. The Morgan fingerprint density at radius 2 is 2.04 bits per heavy atom. The fourth-order valence-corrected chi connectivity index (χ4v) is 4.51. The van der Waals surface area contributed by atoms with Crippen LogP contribution in [0.15, 0.2) is 29.3 Å². The van der Waals surface area contributed by atoms with Crippen LogP contribution >= 0.6 is 34.3 Å². The van der Waals surface area contributed by atoms with Gasteiger partial charge in [-0.25, -0.2) is 0 Å². The van der Waals surface area contributed by atoms with Crippen LogP contribution in [0, 0.1) is 17.0 Å². The molecular weight excluding hydrogens is 426 g/mol. The van der Waals surface area contributed by atoms with Gasteiger partial charge < -0.3 is 9.30 Å². The second-order valence-corrected chi connectivity index (χ2v) is 8.09. The van der Waals surface area contributed by atoms with Crippen molar-refractivity contribution in [3.8, 4) is 0 Å². The molecule has 8 nitrogen and oxygen atoms in total. The molecule has 0 aliphatic heterocycles. The van der Waals surface area contributed by atoms with E-state index in [1.54, 1.807) is 23.6 Å². The van der Waals surface area contributed by atoms with Crippen LogP contribution < -0.4 is 4.80 Å². The molecule has 3 rings (SSSR count). The molecule has 0 saturated heterocycles. The largest absolute Gasteiger partial charge is 0.465 e. The number of nitro groups is 1. The molecule has 2 heterocycles. The van der Waals surface area contributed by atoms with E-state index in [0.29, 0.717) is 10.5 Å². The summed E-state index contributed by atoms with van der Waals surface area (Å²) in [4.78, 5) is 39.4. The van der Waals surface area contributed by atoms with Gasteiger partial charge in [0.2, 0.25) is 0 Å². The van der Waals surface area contributed by atoms with E-state index in [-0.39, 0.29) is 27.8 Å². The van der Waals surface area contributed by atoms with Crippen molar-refractivity contribution in [1.29, 1.82) is 0 Å². The highest BCUT2D eigenvalue weighted by Crippen LogP contribution is 2.28. The topological polar surface area (TPSA) is 104 Å². The van der Waals surface area contributed by atoms with Crippen LogP contribution in [0.5, 0.6) is 0 Å². The van der Waals surface area contributed by atoms with Crippen molar-refractivity contribution in [3.05, 3.63) is 54.6 Å². The lowest BCUT2D eigenvalue weighted by atomic mass is 10.2. The van der Waals surface area contributed by atoms with Crippen molar-refractivity contribution in [1.82, 2.24) is 4.57 Å². The van der Waals surface area contributed by atoms with E-state index in [2.05, 4.69) is 4.99 Å². The highest BCUT2D eigenvalue weighted by molar-refractivity contribution is 7.17. The molecule has 0 aliphatic rings. The van der Waals surface area contributed by atoms with Gasteiger partial charge in [-0.15, -0.1) is 0 Å². The molecule has 0 saturated carbocycles. The molecule has 3 aromatic rings. The van der Waals surface area contributed by atoms with Gasteiger partial charge in [0.25, 0.3) is 5.91 Å². The second kappa shape index (κ2) is 8.21. The molecule has 0 fully saturated rings. The molecule has 0 spiro atoms. The third-order valence-electron chi connectivity index (χ3n) is 3.80. The van der Waals surface area contributed by atoms with Crippen LogP contribution in [-0.4, -0.2) is 28.0 Å². The minimum Gasteiger partial charge on any atom is -0.465 e. The fourth-order valence-electron chi connectivity index (χ4n) is 2.57. The Morgan fingerprint density at radius 3 is 2.68 bits per heavy atom. The number of esters is 1. The van der Waals surface area contributed by atoms with Gasteiger partial charge in [0, 0.05) is 11.1 Å². The number of fused-ring (bicyclic) bond motifs is 1. The van der Waals surface area contributed by atoms with Gasteiger partial charge in [0.15, 0.2) is 4.80 Å². The van der Waals surface area contributed by atoms with Gasteiger partial charge in [-0.3, -0.25) is 19.7 Å². The number of thiazole rings is 1. The normalized spacial score (nSPS) is 11.8. The maximum Gasteiger partial charge on any atom is 0.326 e. The molecule has 0 bridgehead atoms. The zero-order valence-electron chi connectivity index (χ0n) is 14.8. The van der Waals surface area contributed by atoms with Crippen LogP contribution in [0.2, 0.25) is 5.02 Å². The van der Waals surface area contributed by atoms with Gasteiger partial charge in [0.05, 0.1) is 21.7 Å². The van der Waals surface area contributed by atoms with E-state index < -0.39 is 16.8 Å². The van der Waals surface area contributed by atoms with Crippen LogP contribution in [0.4, 0.5) is 5.00 Å². The number of benzene rings is 1. The summed E-state index contributed by atoms with van der Waals surface area (Å²) in [7, 11) is 0. The predicted molar refractivity (Wildman–Crippen MR) is 107 cm³/mol. The third kappa shape index (κ3) is 3.98. The lowest BCUT2D eigenvalue weighted by molar-refractivity contribution is -0.380. The Kier molecular flexibility index (Phi) is 5.92. The number of nitrogens with zero attached hydrogens (tertiary/aromatic N) is 3. The molecule has 0 aliphatic carbocycles. The van der Waals surface area contributed by atoms with Gasteiger partial charge in [0.1, 0.15) is 11.4 Å². The van der Waals surface area contributed by atoms with E-state index in [1.807, 2.05) is 6.92 Å². The summed E-state index contributed by atoms with van der Waals surface area (Å²) in [6.07, 6.45) is 0. The highest BCUT2D eigenvalue weighted by atomic mass is 35.5. The van der Waals surface area contributed by atoms with Crippen molar-refractivity contribution in [3.63, 3.8) is 0 Å². The molecule has 0 N–H and O–H groups in total. The van der Waals surface area contributed by atoms with Crippen LogP contribution in [0.1, 0.15) is 22.2 Å². The molecule has 1 amide bonds. The SMILES string of the molecule is CCOC(=O)Cn1c(=NC(=O)c2ccc([N+](=O)[O-])s2)sc2ccc(Cl)c(C)c21. The number of amides is 1. The number of aromatic nitrogens is 1. The van der Waals surface area contributed by atoms with Gasteiger partial charge in [-0.2, -0.15) is 4.99 Å². The molecule has 0 unspecified atom stereocenters. The minimum absolute atomic E-state index is 0.133. The fraction of sp³-hybridized carbons (Fsp3) is 0.235. The molecule has 146 valence electrons. The summed E-state index contributed by atoms with van der Waals surface area (Å²) in [5.41, 5.74) is 1.44.